The van der Waals surface area contributed by atoms with E-state index in [1.165, 1.54) is 0 Å². The molecule has 0 saturated heterocycles. The molecule has 19 heavy (non-hydrogen) atoms. The van der Waals surface area contributed by atoms with Crippen LogP contribution in [0.1, 0.15) is 33.1 Å². The van der Waals surface area contributed by atoms with Crippen molar-refractivity contribution in [1.29, 1.82) is 0 Å². The fourth-order valence-corrected chi connectivity index (χ4v) is 3.98. The molecule has 0 saturated carbocycles. The largest absolute Gasteiger partial charge is 0.520 e. The van der Waals surface area contributed by atoms with Gasteiger partial charge in [0.2, 0.25) is 8.32 Å². The average molecular weight is 305 g/mol. The Morgan fingerprint density at radius 2 is 1.53 bits per heavy atom. The Morgan fingerprint density at radius 1 is 1.00 bits per heavy atom. The summed E-state index contributed by atoms with van der Waals surface area (Å²) >= 11 is 0. The first-order valence-corrected chi connectivity index (χ1v) is 14.2. The van der Waals surface area contributed by atoms with Crippen LogP contribution < -0.4 is 0 Å². The molecule has 0 aromatic carbocycles. The van der Waals surface area contributed by atoms with Crippen LogP contribution in [0.5, 0.6) is 0 Å². The number of carbonyl (C=O) groups is 1. The Hall–Kier alpha value is -0.136. The predicted octanol–water partition coefficient (Wildman–Crippen LogP) is 4.41. The smallest absolute Gasteiger partial charge is 0.298 e. The number of rotatable bonds is 8. The molecule has 0 aliphatic rings. The highest BCUT2D eigenvalue weighted by molar-refractivity contribution is 6.71. The summed E-state index contributed by atoms with van der Waals surface area (Å²) in [7, 11) is -3.46. The lowest BCUT2D eigenvalue weighted by atomic mass is 9.96. The van der Waals surface area contributed by atoms with E-state index in [-0.39, 0.29) is 18.0 Å². The molecule has 0 aliphatic heterocycles. The SMILES string of the molecule is CCCC(O[Si](C)(C)C)C(CC)C(=O)O[Si](C)(C)C. The van der Waals surface area contributed by atoms with E-state index < -0.39 is 16.6 Å². The third-order valence-corrected chi connectivity index (χ3v) is 4.50. The van der Waals surface area contributed by atoms with Crippen molar-refractivity contribution in [2.24, 2.45) is 5.92 Å². The van der Waals surface area contributed by atoms with Gasteiger partial charge < -0.3 is 8.85 Å². The van der Waals surface area contributed by atoms with Crippen LogP contribution in [-0.4, -0.2) is 28.7 Å². The number of carbonyl (C=O) groups excluding carboxylic acids is 1. The molecule has 114 valence electrons. The van der Waals surface area contributed by atoms with Gasteiger partial charge in [0.05, 0.1) is 12.0 Å². The van der Waals surface area contributed by atoms with Gasteiger partial charge in [0.15, 0.2) is 8.32 Å². The summed E-state index contributed by atoms with van der Waals surface area (Å²) in [5, 5.41) is 0. The lowest BCUT2D eigenvalue weighted by molar-refractivity contribution is -0.143. The van der Waals surface area contributed by atoms with Crippen LogP contribution in [0.2, 0.25) is 39.3 Å². The average Bonchev–Trinajstić information content (AvgIpc) is 2.13. The summed E-state index contributed by atoms with van der Waals surface area (Å²) < 4.78 is 11.9. The Balaban J connectivity index is 4.88. The maximum Gasteiger partial charge on any atom is 0.298 e. The second kappa shape index (κ2) is 7.59. The number of hydrogen-bond acceptors (Lipinski definition) is 3. The summed E-state index contributed by atoms with van der Waals surface area (Å²) in [5.41, 5.74) is 0. The van der Waals surface area contributed by atoms with E-state index in [1.807, 2.05) is 26.6 Å². The van der Waals surface area contributed by atoms with Crippen LogP contribution in [0.15, 0.2) is 0 Å². The fourth-order valence-electron chi connectivity index (χ4n) is 2.04. The van der Waals surface area contributed by atoms with Crippen molar-refractivity contribution in [3.05, 3.63) is 0 Å². The van der Waals surface area contributed by atoms with E-state index in [4.69, 9.17) is 8.85 Å². The minimum atomic E-state index is -1.82. The normalized spacial score (nSPS) is 16.0. The summed E-state index contributed by atoms with van der Waals surface area (Å²) in [6.07, 6.45) is 2.78. The molecule has 0 bridgehead atoms. The number of hydrogen-bond donors (Lipinski definition) is 0. The van der Waals surface area contributed by atoms with Gasteiger partial charge in [-0.25, -0.2) is 0 Å². The van der Waals surface area contributed by atoms with Crippen LogP contribution in [0.3, 0.4) is 0 Å². The molecule has 2 atom stereocenters. The lowest BCUT2D eigenvalue weighted by Gasteiger charge is -2.32. The first-order valence-electron chi connectivity index (χ1n) is 7.40. The van der Waals surface area contributed by atoms with Crippen LogP contribution in [-0.2, 0) is 13.6 Å². The second-order valence-corrected chi connectivity index (χ2v) is 16.0. The van der Waals surface area contributed by atoms with Gasteiger partial charge in [-0.3, -0.25) is 4.79 Å². The maximum absolute atomic E-state index is 12.3. The highest BCUT2D eigenvalue weighted by atomic mass is 28.4. The highest BCUT2D eigenvalue weighted by Crippen LogP contribution is 2.24. The summed E-state index contributed by atoms with van der Waals surface area (Å²) in [6, 6.07) is 0. The Labute approximate surface area is 121 Å². The van der Waals surface area contributed by atoms with Gasteiger partial charge in [-0.15, -0.1) is 0 Å². The van der Waals surface area contributed by atoms with E-state index in [2.05, 4.69) is 26.6 Å². The van der Waals surface area contributed by atoms with Crippen molar-refractivity contribution in [2.75, 3.05) is 0 Å². The molecule has 0 radical (unpaired) electrons. The van der Waals surface area contributed by atoms with E-state index in [0.29, 0.717) is 0 Å². The van der Waals surface area contributed by atoms with Gasteiger partial charge in [-0.1, -0.05) is 20.3 Å². The molecule has 0 aromatic rings. The van der Waals surface area contributed by atoms with Crippen molar-refractivity contribution in [2.45, 2.75) is 78.5 Å². The van der Waals surface area contributed by atoms with Crippen LogP contribution in [0.25, 0.3) is 0 Å². The van der Waals surface area contributed by atoms with E-state index >= 15 is 0 Å². The Morgan fingerprint density at radius 3 is 1.84 bits per heavy atom. The van der Waals surface area contributed by atoms with Crippen molar-refractivity contribution >= 4 is 22.6 Å². The van der Waals surface area contributed by atoms with E-state index in [9.17, 15) is 4.79 Å². The molecule has 0 heterocycles. The van der Waals surface area contributed by atoms with Crippen molar-refractivity contribution in [3.8, 4) is 0 Å². The van der Waals surface area contributed by atoms with Crippen LogP contribution in [0.4, 0.5) is 0 Å². The van der Waals surface area contributed by atoms with Crippen molar-refractivity contribution in [1.82, 2.24) is 0 Å². The van der Waals surface area contributed by atoms with Crippen molar-refractivity contribution < 1.29 is 13.6 Å². The van der Waals surface area contributed by atoms with E-state index in [0.717, 1.165) is 19.3 Å². The Kier molecular flexibility index (Phi) is 7.54. The van der Waals surface area contributed by atoms with Crippen LogP contribution in [0, 0.1) is 5.92 Å². The van der Waals surface area contributed by atoms with Gasteiger partial charge >= 0.3 is 0 Å². The highest BCUT2D eigenvalue weighted by Gasteiger charge is 2.34. The quantitative estimate of drug-likeness (QED) is 0.623. The molecule has 3 nitrogen and oxygen atoms in total. The minimum Gasteiger partial charge on any atom is -0.520 e. The third-order valence-electron chi connectivity index (χ3n) is 2.68. The topological polar surface area (TPSA) is 35.5 Å². The minimum absolute atomic E-state index is 0.0190. The molecule has 5 heteroatoms. The van der Waals surface area contributed by atoms with E-state index in [1.54, 1.807) is 0 Å². The Bertz CT molecular complexity index is 279. The predicted molar refractivity (Wildman–Crippen MR) is 86.3 cm³/mol. The zero-order chi connectivity index (χ0) is 15.3. The van der Waals surface area contributed by atoms with Gasteiger partial charge in [0.1, 0.15) is 0 Å². The monoisotopic (exact) mass is 304 g/mol. The molecule has 0 fully saturated rings. The summed E-state index contributed by atoms with van der Waals surface area (Å²) in [5.74, 6) is -0.170. The standard InChI is InChI=1S/C14H32O3Si2/c1-9-11-13(16-18(3,4)5)12(10-2)14(15)17-19(6,7)8/h12-13H,9-11H2,1-8H3. The summed E-state index contributed by atoms with van der Waals surface area (Å²) in [6.45, 7) is 16.8. The molecule has 0 amide bonds. The lowest BCUT2D eigenvalue weighted by Crippen LogP contribution is -2.42. The molecule has 0 aliphatic carbocycles. The fraction of sp³-hybridized carbons (Fsp3) is 0.929. The molecule has 0 spiro atoms. The van der Waals surface area contributed by atoms with Crippen LogP contribution >= 0.6 is 0 Å². The van der Waals surface area contributed by atoms with Gasteiger partial charge in [-0.05, 0) is 52.1 Å². The second-order valence-electron chi connectivity index (χ2n) is 7.11. The first kappa shape index (κ1) is 18.9. The molecule has 2 unspecified atom stereocenters. The van der Waals surface area contributed by atoms with Gasteiger partial charge in [0, 0.05) is 0 Å². The zero-order valence-electron chi connectivity index (χ0n) is 14.0. The molecule has 0 N–H and O–H groups in total. The third kappa shape index (κ3) is 8.60. The molecule has 0 aromatic heterocycles. The van der Waals surface area contributed by atoms with Gasteiger partial charge in [-0.2, -0.15) is 0 Å². The maximum atomic E-state index is 12.3. The zero-order valence-corrected chi connectivity index (χ0v) is 16.0. The molecular formula is C14H32O3Si2. The summed E-state index contributed by atoms with van der Waals surface area (Å²) in [4.78, 5) is 12.3. The molecular weight excluding hydrogens is 272 g/mol. The first-order chi connectivity index (χ1) is 8.50. The molecule has 0 rings (SSSR count). The van der Waals surface area contributed by atoms with Crippen molar-refractivity contribution in [3.63, 3.8) is 0 Å². The van der Waals surface area contributed by atoms with Gasteiger partial charge in [0.25, 0.3) is 5.97 Å².